The Labute approximate surface area is 107 Å². The Bertz CT molecular complexity index is 294. The molecule has 17 heavy (non-hydrogen) atoms. The van der Waals surface area contributed by atoms with Gasteiger partial charge in [0.05, 0.1) is 0 Å². The Hall–Kier alpha value is -1.04. The Morgan fingerprint density at radius 1 is 0.882 bits per heavy atom. The van der Waals surface area contributed by atoms with Crippen molar-refractivity contribution in [2.24, 2.45) is 0 Å². The van der Waals surface area contributed by atoms with Gasteiger partial charge in [-0.05, 0) is 38.2 Å². The standard InChI is InChI=1S/C17H26/c1-3-4-5-6-7-8-9-10-11-17-14-12-16(2)13-15-17/h3,12-15H,1,4-11H2,2H3. The summed E-state index contributed by atoms with van der Waals surface area (Å²) in [6.07, 6.45) is 12.6. The van der Waals surface area contributed by atoms with E-state index in [4.69, 9.17) is 0 Å². The third-order valence-corrected chi connectivity index (χ3v) is 3.24. The van der Waals surface area contributed by atoms with Gasteiger partial charge >= 0.3 is 0 Å². The highest BCUT2D eigenvalue weighted by molar-refractivity contribution is 5.21. The van der Waals surface area contributed by atoms with E-state index in [1.54, 1.807) is 0 Å². The Balaban J connectivity index is 1.97. The largest absolute Gasteiger partial charge is 0.103 e. The minimum absolute atomic E-state index is 1.18. The zero-order valence-electron chi connectivity index (χ0n) is 11.3. The van der Waals surface area contributed by atoms with Crippen LogP contribution >= 0.6 is 0 Å². The first-order valence-electron chi connectivity index (χ1n) is 6.99. The van der Waals surface area contributed by atoms with Crippen LogP contribution in [0.15, 0.2) is 36.9 Å². The number of rotatable bonds is 9. The van der Waals surface area contributed by atoms with Crippen molar-refractivity contribution in [1.29, 1.82) is 0 Å². The second-order valence-corrected chi connectivity index (χ2v) is 4.93. The highest BCUT2D eigenvalue weighted by Gasteiger charge is 1.94. The molecule has 0 heteroatoms. The molecule has 0 aliphatic rings. The van der Waals surface area contributed by atoms with Crippen molar-refractivity contribution < 1.29 is 0 Å². The topological polar surface area (TPSA) is 0 Å². The molecule has 0 spiro atoms. The normalized spacial score (nSPS) is 10.4. The predicted molar refractivity (Wildman–Crippen MR) is 77.4 cm³/mol. The van der Waals surface area contributed by atoms with Crippen LogP contribution in [0, 0.1) is 6.92 Å². The number of hydrogen-bond acceptors (Lipinski definition) is 0. The predicted octanol–water partition coefficient (Wildman–Crippen LogP) is 5.45. The molecule has 0 saturated heterocycles. The summed E-state index contributed by atoms with van der Waals surface area (Å²) in [5.74, 6) is 0. The summed E-state index contributed by atoms with van der Waals surface area (Å²) in [7, 11) is 0. The van der Waals surface area contributed by atoms with Crippen LogP contribution in [0.4, 0.5) is 0 Å². The molecule has 0 saturated carbocycles. The number of allylic oxidation sites excluding steroid dienone is 1. The number of unbranched alkanes of at least 4 members (excludes halogenated alkanes) is 6. The molecular weight excluding hydrogens is 204 g/mol. The summed E-state index contributed by atoms with van der Waals surface area (Å²) in [5.41, 5.74) is 2.85. The number of aryl methyl sites for hydroxylation is 2. The van der Waals surface area contributed by atoms with Gasteiger partial charge in [-0.3, -0.25) is 0 Å². The number of benzene rings is 1. The van der Waals surface area contributed by atoms with Gasteiger partial charge in [-0.15, -0.1) is 6.58 Å². The SMILES string of the molecule is C=CCCCCCCCCc1ccc(C)cc1. The van der Waals surface area contributed by atoms with Gasteiger partial charge in [0.1, 0.15) is 0 Å². The maximum Gasteiger partial charge on any atom is -0.0279 e. The van der Waals surface area contributed by atoms with Crippen LogP contribution < -0.4 is 0 Å². The van der Waals surface area contributed by atoms with E-state index < -0.39 is 0 Å². The third kappa shape index (κ3) is 6.99. The van der Waals surface area contributed by atoms with E-state index in [9.17, 15) is 0 Å². The molecule has 1 aromatic rings. The summed E-state index contributed by atoms with van der Waals surface area (Å²) < 4.78 is 0. The summed E-state index contributed by atoms with van der Waals surface area (Å²) in [4.78, 5) is 0. The minimum atomic E-state index is 1.18. The molecule has 1 aromatic carbocycles. The van der Waals surface area contributed by atoms with Crippen LogP contribution in [0.3, 0.4) is 0 Å². The first-order chi connectivity index (χ1) is 8.33. The van der Waals surface area contributed by atoms with Gasteiger partial charge in [0, 0.05) is 0 Å². The molecule has 94 valence electrons. The van der Waals surface area contributed by atoms with Crippen molar-refractivity contribution in [2.45, 2.75) is 58.3 Å². The minimum Gasteiger partial charge on any atom is -0.103 e. The second kappa shape index (κ2) is 9.04. The Morgan fingerprint density at radius 3 is 2.12 bits per heavy atom. The molecule has 0 nitrogen and oxygen atoms in total. The number of hydrogen-bond donors (Lipinski definition) is 0. The zero-order chi connectivity index (χ0) is 12.3. The monoisotopic (exact) mass is 230 g/mol. The fraction of sp³-hybridized carbons (Fsp3) is 0.529. The first kappa shape index (κ1) is 14.0. The van der Waals surface area contributed by atoms with Crippen molar-refractivity contribution in [1.82, 2.24) is 0 Å². The Morgan fingerprint density at radius 2 is 1.47 bits per heavy atom. The fourth-order valence-electron chi connectivity index (χ4n) is 2.08. The summed E-state index contributed by atoms with van der Waals surface area (Å²) >= 11 is 0. The summed E-state index contributed by atoms with van der Waals surface area (Å²) in [6, 6.07) is 8.95. The zero-order valence-corrected chi connectivity index (χ0v) is 11.3. The van der Waals surface area contributed by atoms with Crippen molar-refractivity contribution in [3.63, 3.8) is 0 Å². The van der Waals surface area contributed by atoms with E-state index >= 15 is 0 Å². The van der Waals surface area contributed by atoms with E-state index in [-0.39, 0.29) is 0 Å². The average molecular weight is 230 g/mol. The molecule has 0 amide bonds. The lowest BCUT2D eigenvalue weighted by atomic mass is 10.0. The molecule has 0 atom stereocenters. The van der Waals surface area contributed by atoms with Crippen molar-refractivity contribution in [3.8, 4) is 0 Å². The molecular formula is C17H26. The van der Waals surface area contributed by atoms with Crippen LogP contribution in [-0.2, 0) is 6.42 Å². The van der Waals surface area contributed by atoms with Gasteiger partial charge in [-0.25, -0.2) is 0 Å². The average Bonchev–Trinajstić information content (AvgIpc) is 2.35. The Kier molecular flexibility index (Phi) is 7.46. The molecule has 0 aliphatic heterocycles. The highest BCUT2D eigenvalue weighted by Crippen LogP contribution is 2.11. The van der Waals surface area contributed by atoms with Gasteiger partial charge in [0.15, 0.2) is 0 Å². The van der Waals surface area contributed by atoms with E-state index in [0.29, 0.717) is 0 Å². The lowest BCUT2D eigenvalue weighted by molar-refractivity contribution is 0.597. The lowest BCUT2D eigenvalue weighted by Gasteiger charge is -2.02. The summed E-state index contributed by atoms with van der Waals surface area (Å²) in [5, 5.41) is 0. The lowest BCUT2D eigenvalue weighted by Crippen LogP contribution is -1.86. The van der Waals surface area contributed by atoms with Gasteiger partial charge in [-0.2, -0.15) is 0 Å². The quantitative estimate of drug-likeness (QED) is 0.390. The van der Waals surface area contributed by atoms with Gasteiger partial charge in [0.2, 0.25) is 0 Å². The molecule has 0 N–H and O–H groups in total. The van der Waals surface area contributed by atoms with Crippen molar-refractivity contribution in [2.75, 3.05) is 0 Å². The second-order valence-electron chi connectivity index (χ2n) is 4.93. The molecule has 0 fully saturated rings. The van der Waals surface area contributed by atoms with Gasteiger partial charge in [0.25, 0.3) is 0 Å². The van der Waals surface area contributed by atoms with Crippen LogP contribution in [0.2, 0.25) is 0 Å². The van der Waals surface area contributed by atoms with Crippen LogP contribution in [0.5, 0.6) is 0 Å². The molecule has 1 rings (SSSR count). The molecule has 0 radical (unpaired) electrons. The van der Waals surface area contributed by atoms with E-state index in [1.165, 1.54) is 62.5 Å². The molecule has 0 heterocycles. The van der Waals surface area contributed by atoms with Crippen molar-refractivity contribution >= 4 is 0 Å². The molecule has 0 bridgehead atoms. The van der Waals surface area contributed by atoms with Crippen LogP contribution in [-0.4, -0.2) is 0 Å². The van der Waals surface area contributed by atoms with E-state index in [2.05, 4.69) is 37.8 Å². The fourth-order valence-corrected chi connectivity index (χ4v) is 2.08. The first-order valence-corrected chi connectivity index (χ1v) is 6.99. The summed E-state index contributed by atoms with van der Waals surface area (Å²) in [6.45, 7) is 5.89. The maximum atomic E-state index is 3.75. The van der Waals surface area contributed by atoms with Crippen LogP contribution in [0.25, 0.3) is 0 Å². The highest BCUT2D eigenvalue weighted by atomic mass is 14.0. The van der Waals surface area contributed by atoms with Gasteiger partial charge < -0.3 is 0 Å². The van der Waals surface area contributed by atoms with Crippen molar-refractivity contribution in [3.05, 3.63) is 48.0 Å². The smallest absolute Gasteiger partial charge is 0.0279 e. The third-order valence-electron chi connectivity index (χ3n) is 3.24. The van der Waals surface area contributed by atoms with Crippen LogP contribution in [0.1, 0.15) is 56.1 Å². The van der Waals surface area contributed by atoms with E-state index in [1.807, 2.05) is 6.08 Å². The van der Waals surface area contributed by atoms with Gasteiger partial charge in [-0.1, -0.05) is 61.6 Å². The molecule has 0 unspecified atom stereocenters. The van der Waals surface area contributed by atoms with E-state index in [0.717, 1.165) is 0 Å². The maximum absolute atomic E-state index is 3.75. The molecule has 0 aromatic heterocycles. The molecule has 0 aliphatic carbocycles.